The first kappa shape index (κ1) is 14.0. The summed E-state index contributed by atoms with van der Waals surface area (Å²) >= 11 is 0. The van der Waals surface area contributed by atoms with Gasteiger partial charge in [0.2, 0.25) is 0 Å². The minimum atomic E-state index is -0.187. The maximum absolute atomic E-state index is 10.4. The fourth-order valence-corrected chi connectivity index (χ4v) is 4.25. The van der Waals surface area contributed by atoms with E-state index in [0.717, 1.165) is 36.2 Å². The second-order valence-electron chi connectivity index (χ2n) is 6.77. The van der Waals surface area contributed by atoms with Crippen molar-refractivity contribution in [2.75, 3.05) is 18.8 Å². The summed E-state index contributed by atoms with van der Waals surface area (Å²) in [5.74, 6) is 1.63. The standard InChI is InChI=1S/C16H23N5O/c17-16-15-14(19-9-20-16)11(5-18-15)6-21-7-12(13(22)8-21)10-3-1-2-4-10/h5,9-10,12-13,18,22H,1-4,6-8H2,(H2,17,19,20)/t12?,13-/m0/s1. The first-order valence-electron chi connectivity index (χ1n) is 8.19. The van der Waals surface area contributed by atoms with Crippen molar-refractivity contribution in [3.63, 3.8) is 0 Å². The average Bonchev–Trinajstić information content (AvgIpc) is 3.20. The molecule has 2 aromatic heterocycles. The molecule has 0 spiro atoms. The third kappa shape index (κ3) is 2.36. The van der Waals surface area contributed by atoms with Crippen LogP contribution in [0.25, 0.3) is 11.0 Å². The van der Waals surface area contributed by atoms with Gasteiger partial charge in [0, 0.05) is 37.3 Å². The van der Waals surface area contributed by atoms with Gasteiger partial charge in [-0.25, -0.2) is 9.97 Å². The average molecular weight is 301 g/mol. The number of β-amino-alcohol motifs (C(OH)–C–C–N with tert-alkyl or cyclic N) is 1. The van der Waals surface area contributed by atoms with Gasteiger partial charge in [0.1, 0.15) is 11.8 Å². The SMILES string of the molecule is Nc1ncnc2c(CN3CC(C4CCCC4)[C@@H](O)C3)c[nH]c12. The summed E-state index contributed by atoms with van der Waals surface area (Å²) in [7, 11) is 0. The molecule has 1 aliphatic heterocycles. The van der Waals surface area contributed by atoms with Gasteiger partial charge in [-0.05, 0) is 5.92 Å². The lowest BCUT2D eigenvalue weighted by molar-refractivity contribution is 0.112. The molecule has 4 rings (SSSR count). The predicted molar refractivity (Wildman–Crippen MR) is 85.0 cm³/mol. The van der Waals surface area contributed by atoms with Gasteiger partial charge in [-0.1, -0.05) is 25.7 Å². The van der Waals surface area contributed by atoms with E-state index in [9.17, 15) is 5.11 Å². The lowest BCUT2D eigenvalue weighted by Gasteiger charge is -2.20. The van der Waals surface area contributed by atoms with Crippen LogP contribution in [0.1, 0.15) is 31.2 Å². The van der Waals surface area contributed by atoms with Crippen molar-refractivity contribution in [3.8, 4) is 0 Å². The number of likely N-dealkylation sites (tertiary alicyclic amines) is 1. The molecule has 2 aliphatic rings. The second kappa shape index (κ2) is 5.52. The second-order valence-corrected chi connectivity index (χ2v) is 6.77. The molecule has 118 valence electrons. The van der Waals surface area contributed by atoms with E-state index in [1.54, 1.807) is 0 Å². The van der Waals surface area contributed by atoms with Crippen molar-refractivity contribution in [1.29, 1.82) is 0 Å². The highest BCUT2D eigenvalue weighted by molar-refractivity contribution is 5.86. The third-order valence-electron chi connectivity index (χ3n) is 5.38. The minimum absolute atomic E-state index is 0.187. The molecule has 1 saturated heterocycles. The zero-order chi connectivity index (χ0) is 15.1. The molecular weight excluding hydrogens is 278 g/mol. The Morgan fingerprint density at radius 3 is 2.91 bits per heavy atom. The van der Waals surface area contributed by atoms with E-state index in [2.05, 4.69) is 19.9 Å². The van der Waals surface area contributed by atoms with Crippen LogP contribution in [-0.2, 0) is 6.54 Å². The molecule has 1 saturated carbocycles. The molecule has 2 aromatic rings. The van der Waals surface area contributed by atoms with Gasteiger partial charge < -0.3 is 15.8 Å². The van der Waals surface area contributed by atoms with Crippen LogP contribution >= 0.6 is 0 Å². The van der Waals surface area contributed by atoms with E-state index in [1.165, 1.54) is 32.0 Å². The molecule has 22 heavy (non-hydrogen) atoms. The van der Waals surface area contributed by atoms with E-state index < -0.39 is 0 Å². The number of hydrogen-bond acceptors (Lipinski definition) is 5. The number of aliphatic hydroxyl groups is 1. The maximum Gasteiger partial charge on any atom is 0.151 e. The number of rotatable bonds is 3. The molecule has 2 atom stereocenters. The van der Waals surface area contributed by atoms with Gasteiger partial charge in [0.25, 0.3) is 0 Å². The van der Waals surface area contributed by atoms with Crippen molar-refractivity contribution in [1.82, 2.24) is 19.9 Å². The van der Waals surface area contributed by atoms with E-state index in [1.807, 2.05) is 6.20 Å². The zero-order valence-corrected chi connectivity index (χ0v) is 12.7. The van der Waals surface area contributed by atoms with Gasteiger partial charge in [-0.2, -0.15) is 0 Å². The molecule has 2 fully saturated rings. The number of H-pyrrole nitrogens is 1. The maximum atomic E-state index is 10.4. The monoisotopic (exact) mass is 301 g/mol. The van der Waals surface area contributed by atoms with E-state index in [-0.39, 0.29) is 6.10 Å². The number of aliphatic hydroxyl groups excluding tert-OH is 1. The number of aromatic nitrogens is 3. The fourth-order valence-electron chi connectivity index (χ4n) is 4.25. The number of nitrogens with one attached hydrogen (secondary N) is 1. The fraction of sp³-hybridized carbons (Fsp3) is 0.625. The molecule has 1 aliphatic carbocycles. The van der Waals surface area contributed by atoms with Crippen LogP contribution in [0.2, 0.25) is 0 Å². The Kier molecular flexibility index (Phi) is 3.50. The number of fused-ring (bicyclic) bond motifs is 1. The van der Waals surface area contributed by atoms with Gasteiger partial charge >= 0.3 is 0 Å². The van der Waals surface area contributed by atoms with Gasteiger partial charge in [-0.15, -0.1) is 0 Å². The van der Waals surface area contributed by atoms with Gasteiger partial charge in [-0.3, -0.25) is 4.90 Å². The number of nitrogens with zero attached hydrogens (tertiary/aromatic N) is 3. The number of nitrogen functional groups attached to an aromatic ring is 1. The van der Waals surface area contributed by atoms with Gasteiger partial charge in [0.15, 0.2) is 5.82 Å². The van der Waals surface area contributed by atoms with Gasteiger partial charge in [0.05, 0.1) is 11.6 Å². The summed E-state index contributed by atoms with van der Waals surface area (Å²) in [6.45, 7) is 2.55. The molecule has 0 aromatic carbocycles. The molecule has 4 N–H and O–H groups in total. The Bertz CT molecular complexity index is 664. The Balaban J connectivity index is 1.50. The van der Waals surface area contributed by atoms with Crippen molar-refractivity contribution < 1.29 is 5.11 Å². The summed E-state index contributed by atoms with van der Waals surface area (Å²) in [6, 6.07) is 0. The predicted octanol–water partition coefficient (Wildman–Crippen LogP) is 1.52. The smallest absolute Gasteiger partial charge is 0.151 e. The Morgan fingerprint density at radius 1 is 1.27 bits per heavy atom. The molecule has 0 radical (unpaired) electrons. The van der Waals surface area contributed by atoms with Crippen molar-refractivity contribution in [2.45, 2.75) is 38.3 Å². The Labute approximate surface area is 129 Å². The molecular formula is C16H23N5O. The van der Waals surface area contributed by atoms with Crippen LogP contribution < -0.4 is 5.73 Å². The lowest BCUT2D eigenvalue weighted by atomic mass is 9.88. The molecule has 6 nitrogen and oxygen atoms in total. The summed E-state index contributed by atoms with van der Waals surface area (Å²) < 4.78 is 0. The Hall–Kier alpha value is -1.66. The van der Waals surface area contributed by atoms with Crippen LogP contribution in [0.15, 0.2) is 12.5 Å². The van der Waals surface area contributed by atoms with E-state index in [0.29, 0.717) is 17.7 Å². The minimum Gasteiger partial charge on any atom is -0.391 e. The van der Waals surface area contributed by atoms with Crippen molar-refractivity contribution in [3.05, 3.63) is 18.1 Å². The number of hydrogen-bond donors (Lipinski definition) is 3. The van der Waals surface area contributed by atoms with Crippen LogP contribution in [0.3, 0.4) is 0 Å². The number of nitrogens with two attached hydrogens (primary N) is 1. The summed E-state index contributed by atoms with van der Waals surface area (Å²) in [6.07, 6.45) is 8.51. The van der Waals surface area contributed by atoms with Crippen molar-refractivity contribution >= 4 is 16.9 Å². The normalized spacial score (nSPS) is 27.1. The highest BCUT2D eigenvalue weighted by Gasteiger charge is 2.37. The Morgan fingerprint density at radius 2 is 2.09 bits per heavy atom. The van der Waals surface area contributed by atoms with Crippen molar-refractivity contribution in [2.24, 2.45) is 11.8 Å². The molecule has 3 heterocycles. The van der Waals surface area contributed by atoms with Crippen LogP contribution in [0, 0.1) is 11.8 Å². The largest absolute Gasteiger partial charge is 0.391 e. The van der Waals surface area contributed by atoms with Crippen LogP contribution in [0.5, 0.6) is 0 Å². The summed E-state index contributed by atoms with van der Waals surface area (Å²) in [4.78, 5) is 13.9. The lowest BCUT2D eigenvalue weighted by Crippen LogP contribution is -2.24. The molecule has 0 bridgehead atoms. The van der Waals surface area contributed by atoms with Crippen LogP contribution in [0.4, 0.5) is 5.82 Å². The molecule has 0 amide bonds. The first-order valence-corrected chi connectivity index (χ1v) is 8.19. The molecule has 6 heteroatoms. The highest BCUT2D eigenvalue weighted by atomic mass is 16.3. The molecule has 1 unspecified atom stereocenters. The van der Waals surface area contributed by atoms with Crippen LogP contribution in [-0.4, -0.2) is 44.2 Å². The third-order valence-corrected chi connectivity index (χ3v) is 5.38. The topological polar surface area (TPSA) is 91.1 Å². The number of aromatic amines is 1. The summed E-state index contributed by atoms with van der Waals surface area (Å²) in [5, 5.41) is 10.4. The van der Waals surface area contributed by atoms with E-state index in [4.69, 9.17) is 5.73 Å². The first-order chi connectivity index (χ1) is 10.7. The quantitative estimate of drug-likeness (QED) is 0.799. The highest BCUT2D eigenvalue weighted by Crippen LogP contribution is 2.37. The zero-order valence-electron chi connectivity index (χ0n) is 12.7. The summed E-state index contributed by atoms with van der Waals surface area (Å²) in [5.41, 5.74) is 8.70. The number of anilines is 1. The van der Waals surface area contributed by atoms with E-state index >= 15 is 0 Å².